The van der Waals surface area contributed by atoms with E-state index in [2.05, 4.69) is 10.6 Å². The number of piperidine rings is 1. The first-order chi connectivity index (χ1) is 9.53. The average molecular weight is 342 g/mol. The van der Waals surface area contributed by atoms with Gasteiger partial charge >= 0.3 is 0 Å². The van der Waals surface area contributed by atoms with Crippen molar-refractivity contribution in [1.29, 1.82) is 0 Å². The molecule has 21 heavy (non-hydrogen) atoms. The SMILES string of the molecule is CCCS(=O)(=O)N1CCCCC1C(=O)NCCNCC.Cl. The zero-order valence-corrected chi connectivity index (χ0v) is 14.6. The Morgan fingerprint density at radius 3 is 2.57 bits per heavy atom. The molecule has 1 atom stereocenters. The molecule has 1 heterocycles. The highest BCUT2D eigenvalue weighted by atomic mass is 35.5. The zero-order chi connectivity index (χ0) is 15.0. The lowest BCUT2D eigenvalue weighted by Gasteiger charge is -2.33. The molecule has 6 nitrogen and oxygen atoms in total. The number of carbonyl (C=O) groups excluding carboxylic acids is 1. The molecule has 0 radical (unpaired) electrons. The van der Waals surface area contributed by atoms with E-state index < -0.39 is 16.1 Å². The normalized spacial score (nSPS) is 19.8. The molecule has 1 aliphatic heterocycles. The molecule has 0 aliphatic carbocycles. The predicted molar refractivity (Wildman–Crippen MR) is 87.2 cm³/mol. The van der Waals surface area contributed by atoms with Gasteiger partial charge in [-0.15, -0.1) is 12.4 Å². The van der Waals surface area contributed by atoms with Crippen LogP contribution < -0.4 is 10.6 Å². The number of halogens is 1. The molecule has 0 bridgehead atoms. The minimum atomic E-state index is -3.31. The summed E-state index contributed by atoms with van der Waals surface area (Å²) in [4.78, 5) is 12.2. The van der Waals surface area contributed by atoms with Gasteiger partial charge in [0.05, 0.1) is 5.75 Å². The largest absolute Gasteiger partial charge is 0.353 e. The van der Waals surface area contributed by atoms with Gasteiger partial charge in [0.15, 0.2) is 0 Å². The quantitative estimate of drug-likeness (QED) is 0.638. The third kappa shape index (κ3) is 6.50. The predicted octanol–water partition coefficient (Wildman–Crippen LogP) is 0.728. The fourth-order valence-electron chi connectivity index (χ4n) is 2.44. The van der Waals surface area contributed by atoms with Crippen molar-refractivity contribution in [3.63, 3.8) is 0 Å². The Hall–Kier alpha value is -0.370. The summed E-state index contributed by atoms with van der Waals surface area (Å²) in [6.45, 7) is 6.40. The van der Waals surface area contributed by atoms with Gasteiger partial charge in [-0.2, -0.15) is 4.31 Å². The summed E-state index contributed by atoms with van der Waals surface area (Å²) in [7, 11) is -3.31. The molecule has 0 aromatic heterocycles. The van der Waals surface area contributed by atoms with Crippen LogP contribution in [-0.4, -0.2) is 56.6 Å². The van der Waals surface area contributed by atoms with Crippen molar-refractivity contribution in [1.82, 2.24) is 14.9 Å². The van der Waals surface area contributed by atoms with Crippen LogP contribution in [0.1, 0.15) is 39.5 Å². The smallest absolute Gasteiger partial charge is 0.238 e. The minimum Gasteiger partial charge on any atom is -0.353 e. The van der Waals surface area contributed by atoms with Crippen LogP contribution in [0.3, 0.4) is 0 Å². The van der Waals surface area contributed by atoms with E-state index in [0.717, 1.165) is 19.4 Å². The lowest BCUT2D eigenvalue weighted by molar-refractivity contribution is -0.125. The molecule has 1 amide bonds. The highest BCUT2D eigenvalue weighted by Crippen LogP contribution is 2.21. The highest BCUT2D eigenvalue weighted by Gasteiger charge is 2.35. The van der Waals surface area contributed by atoms with E-state index in [0.29, 0.717) is 32.5 Å². The maximum Gasteiger partial charge on any atom is 0.238 e. The maximum absolute atomic E-state index is 12.2. The summed E-state index contributed by atoms with van der Waals surface area (Å²) in [5.74, 6) is -0.0453. The van der Waals surface area contributed by atoms with Gasteiger partial charge in [0, 0.05) is 19.6 Å². The van der Waals surface area contributed by atoms with Gasteiger partial charge in [-0.05, 0) is 25.8 Å². The van der Waals surface area contributed by atoms with Crippen LogP contribution >= 0.6 is 12.4 Å². The topological polar surface area (TPSA) is 78.5 Å². The number of hydrogen-bond acceptors (Lipinski definition) is 4. The molecule has 1 saturated heterocycles. The lowest BCUT2D eigenvalue weighted by atomic mass is 10.0. The Bertz CT molecular complexity index is 403. The third-order valence-electron chi connectivity index (χ3n) is 3.43. The molecular formula is C13H28ClN3O3S. The van der Waals surface area contributed by atoms with Crippen LogP contribution in [0.15, 0.2) is 0 Å². The van der Waals surface area contributed by atoms with E-state index in [1.807, 2.05) is 13.8 Å². The van der Waals surface area contributed by atoms with Crippen molar-refractivity contribution in [2.75, 3.05) is 31.9 Å². The summed E-state index contributed by atoms with van der Waals surface area (Å²) < 4.78 is 25.8. The molecule has 1 unspecified atom stereocenters. The Morgan fingerprint density at radius 1 is 1.24 bits per heavy atom. The Balaban J connectivity index is 0.00000400. The number of amides is 1. The molecular weight excluding hydrogens is 314 g/mol. The van der Waals surface area contributed by atoms with Crippen molar-refractivity contribution in [2.24, 2.45) is 0 Å². The Morgan fingerprint density at radius 2 is 1.95 bits per heavy atom. The number of rotatable bonds is 8. The highest BCUT2D eigenvalue weighted by molar-refractivity contribution is 7.89. The molecule has 8 heteroatoms. The molecule has 0 saturated carbocycles. The molecule has 1 aliphatic rings. The first kappa shape index (κ1) is 20.6. The second-order valence-electron chi connectivity index (χ2n) is 5.08. The van der Waals surface area contributed by atoms with Crippen LogP contribution in [0.25, 0.3) is 0 Å². The van der Waals surface area contributed by atoms with Gasteiger partial charge in [-0.3, -0.25) is 4.79 Å². The van der Waals surface area contributed by atoms with E-state index >= 15 is 0 Å². The molecule has 0 aromatic rings. The summed E-state index contributed by atoms with van der Waals surface area (Å²) in [6.07, 6.45) is 2.94. The molecule has 2 N–H and O–H groups in total. The van der Waals surface area contributed by atoms with Crippen LogP contribution in [0.5, 0.6) is 0 Å². The van der Waals surface area contributed by atoms with E-state index in [4.69, 9.17) is 0 Å². The van der Waals surface area contributed by atoms with Crippen LogP contribution in [0.4, 0.5) is 0 Å². The van der Waals surface area contributed by atoms with E-state index in [-0.39, 0.29) is 24.1 Å². The number of hydrogen-bond donors (Lipinski definition) is 2. The zero-order valence-electron chi connectivity index (χ0n) is 12.9. The van der Waals surface area contributed by atoms with Gasteiger partial charge in [-0.25, -0.2) is 8.42 Å². The van der Waals surface area contributed by atoms with E-state index in [9.17, 15) is 13.2 Å². The Labute approximate surface area is 134 Å². The monoisotopic (exact) mass is 341 g/mol. The van der Waals surface area contributed by atoms with Crippen molar-refractivity contribution in [2.45, 2.75) is 45.6 Å². The minimum absolute atomic E-state index is 0. The maximum atomic E-state index is 12.2. The lowest BCUT2D eigenvalue weighted by Crippen LogP contribution is -2.53. The van der Waals surface area contributed by atoms with Gasteiger partial charge in [0.1, 0.15) is 6.04 Å². The van der Waals surface area contributed by atoms with Crippen molar-refractivity contribution < 1.29 is 13.2 Å². The van der Waals surface area contributed by atoms with Crippen LogP contribution in [0, 0.1) is 0 Å². The average Bonchev–Trinajstić information content (AvgIpc) is 2.43. The van der Waals surface area contributed by atoms with Gasteiger partial charge in [0.25, 0.3) is 0 Å². The number of sulfonamides is 1. The van der Waals surface area contributed by atoms with Gasteiger partial charge in [0.2, 0.25) is 15.9 Å². The fourth-order valence-corrected chi connectivity index (χ4v) is 4.19. The first-order valence-corrected chi connectivity index (χ1v) is 9.11. The third-order valence-corrected chi connectivity index (χ3v) is 5.50. The number of likely N-dealkylation sites (N-methyl/N-ethyl adjacent to an activating group) is 1. The summed E-state index contributed by atoms with van der Waals surface area (Å²) in [5, 5.41) is 5.95. The second-order valence-corrected chi connectivity index (χ2v) is 7.12. The molecule has 0 spiro atoms. The molecule has 1 fully saturated rings. The van der Waals surface area contributed by atoms with Gasteiger partial charge < -0.3 is 10.6 Å². The van der Waals surface area contributed by atoms with Crippen molar-refractivity contribution in [3.8, 4) is 0 Å². The van der Waals surface area contributed by atoms with Crippen LogP contribution in [0.2, 0.25) is 0 Å². The van der Waals surface area contributed by atoms with Crippen molar-refractivity contribution in [3.05, 3.63) is 0 Å². The van der Waals surface area contributed by atoms with Crippen LogP contribution in [-0.2, 0) is 14.8 Å². The van der Waals surface area contributed by atoms with E-state index in [1.54, 1.807) is 0 Å². The molecule has 126 valence electrons. The standard InChI is InChI=1S/C13H27N3O3S.ClH/c1-3-11-20(18,19)16-10-6-5-7-12(16)13(17)15-9-8-14-4-2;/h12,14H,3-11H2,1-2H3,(H,15,17);1H. The van der Waals surface area contributed by atoms with Gasteiger partial charge in [-0.1, -0.05) is 20.3 Å². The number of nitrogens with zero attached hydrogens (tertiary/aromatic N) is 1. The fraction of sp³-hybridized carbons (Fsp3) is 0.923. The first-order valence-electron chi connectivity index (χ1n) is 7.50. The summed E-state index contributed by atoms with van der Waals surface area (Å²) in [6, 6.07) is -0.526. The molecule has 0 aromatic carbocycles. The van der Waals surface area contributed by atoms with Crippen molar-refractivity contribution >= 4 is 28.3 Å². The number of carbonyl (C=O) groups is 1. The summed E-state index contributed by atoms with van der Waals surface area (Å²) in [5.41, 5.74) is 0. The second kappa shape index (κ2) is 10.4. The number of nitrogens with one attached hydrogen (secondary N) is 2. The Kier molecular flexibility index (Phi) is 10.2. The van der Waals surface area contributed by atoms with E-state index in [1.165, 1.54) is 4.31 Å². The summed E-state index contributed by atoms with van der Waals surface area (Å²) >= 11 is 0. The molecule has 1 rings (SSSR count).